The summed E-state index contributed by atoms with van der Waals surface area (Å²) < 4.78 is 1.83. The molecule has 0 amide bonds. The van der Waals surface area contributed by atoms with Gasteiger partial charge in [0.1, 0.15) is 5.82 Å². The van der Waals surface area contributed by atoms with Crippen LogP contribution in [-0.2, 0) is 19.9 Å². The van der Waals surface area contributed by atoms with E-state index in [1.807, 2.05) is 29.9 Å². The van der Waals surface area contributed by atoms with Gasteiger partial charge in [-0.1, -0.05) is 30.3 Å². The molecule has 2 aromatic rings. The Morgan fingerprint density at radius 1 is 1.25 bits per heavy atom. The van der Waals surface area contributed by atoms with Crippen molar-refractivity contribution in [1.82, 2.24) is 14.8 Å². The van der Waals surface area contributed by atoms with Crippen LogP contribution in [-0.4, -0.2) is 21.3 Å². The van der Waals surface area contributed by atoms with E-state index in [4.69, 9.17) is 5.73 Å². The second-order valence-electron chi connectivity index (χ2n) is 3.77. The predicted octanol–water partition coefficient (Wildman–Crippen LogP) is 0.907. The molecule has 2 N–H and O–H groups in total. The summed E-state index contributed by atoms with van der Waals surface area (Å²) in [7, 11) is 1.92. The Kier molecular flexibility index (Phi) is 3.31. The zero-order chi connectivity index (χ0) is 11.4. The molecular formula is C12H16N4. The molecule has 1 aromatic carbocycles. The quantitative estimate of drug-likeness (QED) is 0.826. The van der Waals surface area contributed by atoms with Gasteiger partial charge in [-0.3, -0.25) is 4.68 Å². The fourth-order valence-electron chi connectivity index (χ4n) is 1.64. The third-order valence-electron chi connectivity index (χ3n) is 2.47. The fourth-order valence-corrected chi connectivity index (χ4v) is 1.64. The molecule has 0 aliphatic carbocycles. The topological polar surface area (TPSA) is 56.7 Å². The minimum atomic E-state index is 0.592. The molecule has 4 heteroatoms. The molecule has 0 atom stereocenters. The lowest BCUT2D eigenvalue weighted by Crippen LogP contribution is -2.04. The normalized spacial score (nSPS) is 10.6. The van der Waals surface area contributed by atoms with Crippen molar-refractivity contribution in [2.24, 2.45) is 12.8 Å². The van der Waals surface area contributed by atoms with E-state index in [0.29, 0.717) is 6.54 Å². The summed E-state index contributed by atoms with van der Waals surface area (Å²) in [6, 6.07) is 10.3. The lowest BCUT2D eigenvalue weighted by molar-refractivity contribution is 0.704. The molecule has 4 nitrogen and oxygen atoms in total. The first-order chi connectivity index (χ1) is 7.79. The average molecular weight is 216 g/mol. The highest BCUT2D eigenvalue weighted by Crippen LogP contribution is 2.06. The van der Waals surface area contributed by atoms with Gasteiger partial charge in [-0.15, -0.1) is 0 Å². The predicted molar refractivity (Wildman–Crippen MR) is 63.0 cm³/mol. The summed E-state index contributed by atoms with van der Waals surface area (Å²) in [6.07, 6.45) is 1.55. The summed E-state index contributed by atoms with van der Waals surface area (Å²) in [4.78, 5) is 4.47. The number of nitrogens with zero attached hydrogens (tertiary/aromatic N) is 3. The first-order valence-corrected chi connectivity index (χ1v) is 5.42. The maximum absolute atomic E-state index is 5.48. The van der Waals surface area contributed by atoms with E-state index in [9.17, 15) is 0 Å². The Labute approximate surface area is 95.1 Å². The van der Waals surface area contributed by atoms with Gasteiger partial charge in [0.25, 0.3) is 0 Å². The van der Waals surface area contributed by atoms with Gasteiger partial charge < -0.3 is 5.73 Å². The first-order valence-electron chi connectivity index (χ1n) is 5.42. The highest BCUT2D eigenvalue weighted by atomic mass is 15.3. The second-order valence-corrected chi connectivity index (χ2v) is 3.77. The molecule has 2 rings (SSSR count). The van der Waals surface area contributed by atoms with Gasteiger partial charge in [0.15, 0.2) is 5.82 Å². The van der Waals surface area contributed by atoms with Crippen molar-refractivity contribution in [2.75, 3.05) is 6.54 Å². The number of aryl methyl sites for hydroxylation is 1. The third-order valence-corrected chi connectivity index (χ3v) is 2.47. The Balaban J connectivity index is 2.15. The second kappa shape index (κ2) is 4.90. The maximum atomic E-state index is 5.48. The van der Waals surface area contributed by atoms with E-state index in [1.165, 1.54) is 5.56 Å². The van der Waals surface area contributed by atoms with Crippen LogP contribution in [0.2, 0.25) is 0 Å². The molecule has 0 radical (unpaired) electrons. The standard InChI is InChI=1S/C12H16N4/c1-16-12(14-11(15-16)7-8-13)9-10-5-3-2-4-6-10/h2-6H,7-9,13H2,1H3. The van der Waals surface area contributed by atoms with E-state index in [1.54, 1.807) is 0 Å². The van der Waals surface area contributed by atoms with Crippen LogP contribution < -0.4 is 5.73 Å². The smallest absolute Gasteiger partial charge is 0.152 e. The van der Waals surface area contributed by atoms with E-state index >= 15 is 0 Å². The van der Waals surface area contributed by atoms with Crippen LogP contribution in [0.25, 0.3) is 0 Å². The van der Waals surface area contributed by atoms with Crippen molar-refractivity contribution in [3.05, 3.63) is 47.5 Å². The van der Waals surface area contributed by atoms with Crippen LogP contribution in [0.15, 0.2) is 30.3 Å². The van der Waals surface area contributed by atoms with Crippen LogP contribution in [0.5, 0.6) is 0 Å². The Bertz CT molecular complexity index is 447. The highest BCUT2D eigenvalue weighted by Gasteiger charge is 2.06. The third kappa shape index (κ3) is 2.46. The van der Waals surface area contributed by atoms with Crippen molar-refractivity contribution in [2.45, 2.75) is 12.8 Å². The number of nitrogens with two attached hydrogens (primary N) is 1. The summed E-state index contributed by atoms with van der Waals surface area (Å²) in [5, 5.41) is 4.32. The summed E-state index contributed by atoms with van der Waals surface area (Å²) in [5.41, 5.74) is 6.73. The number of hydrogen-bond donors (Lipinski definition) is 1. The number of benzene rings is 1. The van der Waals surface area contributed by atoms with E-state index < -0.39 is 0 Å². The minimum absolute atomic E-state index is 0.592. The molecule has 0 aliphatic rings. The summed E-state index contributed by atoms with van der Waals surface area (Å²) in [5.74, 6) is 1.81. The number of rotatable bonds is 4. The summed E-state index contributed by atoms with van der Waals surface area (Å²) in [6.45, 7) is 0.592. The molecule has 84 valence electrons. The molecule has 0 aliphatic heterocycles. The van der Waals surface area contributed by atoms with Crippen molar-refractivity contribution in [3.8, 4) is 0 Å². The largest absolute Gasteiger partial charge is 0.330 e. The molecule has 0 saturated carbocycles. The fraction of sp³-hybridized carbons (Fsp3) is 0.333. The average Bonchev–Trinajstić information content (AvgIpc) is 2.61. The van der Waals surface area contributed by atoms with Gasteiger partial charge in [0.05, 0.1) is 0 Å². The zero-order valence-corrected chi connectivity index (χ0v) is 9.43. The molecule has 0 unspecified atom stereocenters. The van der Waals surface area contributed by atoms with Gasteiger partial charge >= 0.3 is 0 Å². The van der Waals surface area contributed by atoms with Crippen molar-refractivity contribution in [1.29, 1.82) is 0 Å². The molecule has 1 heterocycles. The van der Waals surface area contributed by atoms with Crippen molar-refractivity contribution < 1.29 is 0 Å². The minimum Gasteiger partial charge on any atom is -0.330 e. The first kappa shape index (κ1) is 10.8. The highest BCUT2D eigenvalue weighted by molar-refractivity contribution is 5.19. The summed E-state index contributed by atoms with van der Waals surface area (Å²) >= 11 is 0. The van der Waals surface area contributed by atoms with Gasteiger partial charge in [0.2, 0.25) is 0 Å². The van der Waals surface area contributed by atoms with Crippen LogP contribution in [0.1, 0.15) is 17.2 Å². The molecule has 0 bridgehead atoms. The lowest BCUT2D eigenvalue weighted by atomic mass is 10.1. The number of hydrogen-bond acceptors (Lipinski definition) is 3. The monoisotopic (exact) mass is 216 g/mol. The number of aromatic nitrogens is 3. The van der Waals surface area contributed by atoms with Gasteiger partial charge in [-0.2, -0.15) is 5.10 Å². The maximum Gasteiger partial charge on any atom is 0.152 e. The van der Waals surface area contributed by atoms with Crippen LogP contribution in [0.4, 0.5) is 0 Å². The van der Waals surface area contributed by atoms with E-state index in [0.717, 1.165) is 24.5 Å². The van der Waals surface area contributed by atoms with E-state index in [-0.39, 0.29) is 0 Å². The zero-order valence-electron chi connectivity index (χ0n) is 9.43. The van der Waals surface area contributed by atoms with Crippen molar-refractivity contribution in [3.63, 3.8) is 0 Å². The van der Waals surface area contributed by atoms with E-state index in [2.05, 4.69) is 22.2 Å². The Morgan fingerprint density at radius 2 is 2.00 bits per heavy atom. The van der Waals surface area contributed by atoms with Gasteiger partial charge in [-0.05, 0) is 12.1 Å². The molecule has 0 fully saturated rings. The van der Waals surface area contributed by atoms with Gasteiger partial charge in [-0.25, -0.2) is 4.98 Å². The molecule has 16 heavy (non-hydrogen) atoms. The molecule has 0 spiro atoms. The lowest BCUT2D eigenvalue weighted by Gasteiger charge is -1.99. The van der Waals surface area contributed by atoms with Gasteiger partial charge in [0, 0.05) is 19.9 Å². The Morgan fingerprint density at radius 3 is 2.69 bits per heavy atom. The molecular weight excluding hydrogens is 200 g/mol. The van der Waals surface area contributed by atoms with Crippen LogP contribution in [0, 0.1) is 0 Å². The van der Waals surface area contributed by atoms with Crippen molar-refractivity contribution >= 4 is 0 Å². The Hall–Kier alpha value is -1.68. The van der Waals surface area contributed by atoms with Crippen LogP contribution >= 0.6 is 0 Å². The van der Waals surface area contributed by atoms with Crippen LogP contribution in [0.3, 0.4) is 0 Å². The molecule has 0 saturated heterocycles. The SMILES string of the molecule is Cn1nc(CCN)nc1Cc1ccccc1. The molecule has 1 aromatic heterocycles.